The molecule has 4 aromatic rings. The van der Waals surface area contributed by atoms with Crippen LogP contribution in [-0.4, -0.2) is 74.0 Å². The third kappa shape index (κ3) is 7.93. The van der Waals surface area contributed by atoms with Crippen molar-refractivity contribution < 1.29 is 27.9 Å². The Balaban J connectivity index is 1.36. The molecule has 0 spiro atoms. The summed E-state index contributed by atoms with van der Waals surface area (Å²) in [7, 11) is -1.98. The lowest BCUT2D eigenvalue weighted by atomic mass is 9.99. The van der Waals surface area contributed by atoms with Gasteiger partial charge in [-0.15, -0.1) is 11.3 Å². The number of hydrogen-bond acceptors (Lipinski definition) is 9. The smallest absolute Gasteiger partial charge is 0.271 e. The molecule has 0 bridgehead atoms. The van der Waals surface area contributed by atoms with E-state index in [2.05, 4.69) is 14.9 Å². The second kappa shape index (κ2) is 14.6. The van der Waals surface area contributed by atoms with Gasteiger partial charge in [0.2, 0.25) is 0 Å². The molecule has 0 fully saturated rings. The number of carbonyl (C=O) groups excluding carboxylic acids is 2. The van der Waals surface area contributed by atoms with Crippen LogP contribution in [0.1, 0.15) is 40.1 Å². The number of rotatable bonds is 11. The Morgan fingerprint density at radius 2 is 1.81 bits per heavy atom. The fourth-order valence-electron chi connectivity index (χ4n) is 5.40. The number of ether oxygens (including phenoxy) is 1. The number of hydrogen-bond donors (Lipinski definition) is 4. The predicted octanol–water partition coefficient (Wildman–Crippen LogP) is 4.74. The Labute approximate surface area is 279 Å². The van der Waals surface area contributed by atoms with Crippen molar-refractivity contribution in [2.45, 2.75) is 36.7 Å². The number of carbonyl (C=O) groups is 2. The molecule has 5 N–H and O–H groups in total. The largest absolute Gasteiger partial charge is 0.486 e. The van der Waals surface area contributed by atoms with Crippen molar-refractivity contribution in [3.63, 3.8) is 0 Å². The van der Waals surface area contributed by atoms with Gasteiger partial charge in [-0.25, -0.2) is 8.42 Å². The van der Waals surface area contributed by atoms with Crippen LogP contribution in [0.2, 0.25) is 0 Å². The molecule has 13 heteroatoms. The molecule has 248 valence electrons. The lowest BCUT2D eigenvalue weighted by molar-refractivity contribution is 0.0344. The van der Waals surface area contributed by atoms with Gasteiger partial charge >= 0.3 is 0 Å². The summed E-state index contributed by atoms with van der Waals surface area (Å²) >= 11 is 1.09. The van der Waals surface area contributed by atoms with Crippen molar-refractivity contribution in [3.8, 4) is 5.75 Å². The van der Waals surface area contributed by atoms with E-state index in [1.807, 2.05) is 26.1 Å². The Morgan fingerprint density at radius 3 is 2.49 bits per heavy atom. The van der Waals surface area contributed by atoms with Gasteiger partial charge in [-0.05, 0) is 67.4 Å². The quantitative estimate of drug-likeness (QED) is 0.166. The summed E-state index contributed by atoms with van der Waals surface area (Å²) in [6.45, 7) is 4.83. The van der Waals surface area contributed by atoms with Crippen LogP contribution < -0.4 is 20.5 Å². The van der Waals surface area contributed by atoms with E-state index < -0.39 is 22.2 Å². The van der Waals surface area contributed by atoms with E-state index in [-0.39, 0.29) is 45.5 Å². The molecule has 1 aliphatic rings. The minimum atomic E-state index is -3.92. The molecule has 3 aromatic carbocycles. The number of nitrogen functional groups attached to an aromatic ring is 1. The van der Waals surface area contributed by atoms with Crippen LogP contribution in [-0.2, 0) is 16.6 Å². The van der Waals surface area contributed by atoms with Gasteiger partial charge in [0.25, 0.3) is 21.8 Å². The average molecular weight is 678 g/mol. The van der Waals surface area contributed by atoms with Gasteiger partial charge in [0.1, 0.15) is 10.3 Å². The number of thiophene rings is 1. The maximum atomic E-state index is 13.8. The highest BCUT2D eigenvalue weighted by Gasteiger charge is 2.35. The second-order valence-corrected chi connectivity index (χ2v) is 14.6. The number of amides is 2. The number of nitrogens with zero attached hydrogens (tertiary/aromatic N) is 2. The molecule has 2 amide bonds. The molecule has 3 atom stereocenters. The summed E-state index contributed by atoms with van der Waals surface area (Å²) in [6, 6.07) is 21.9. The average Bonchev–Trinajstić information content (AvgIpc) is 3.61. The summed E-state index contributed by atoms with van der Waals surface area (Å²) in [5.41, 5.74) is 8.83. The van der Waals surface area contributed by atoms with Crippen LogP contribution in [0.25, 0.3) is 0 Å². The van der Waals surface area contributed by atoms with E-state index in [1.165, 1.54) is 6.07 Å². The maximum Gasteiger partial charge on any atom is 0.271 e. The Bertz CT molecular complexity index is 1810. The topological polar surface area (TPSA) is 154 Å². The summed E-state index contributed by atoms with van der Waals surface area (Å²) in [5.74, 6) is -0.648. The van der Waals surface area contributed by atoms with Crippen LogP contribution in [0.5, 0.6) is 5.75 Å². The van der Waals surface area contributed by atoms with Crippen molar-refractivity contribution >= 4 is 50.2 Å². The zero-order valence-corrected chi connectivity index (χ0v) is 28.1. The molecule has 47 heavy (non-hydrogen) atoms. The first-order valence-corrected chi connectivity index (χ1v) is 17.5. The van der Waals surface area contributed by atoms with Crippen molar-refractivity contribution in [2.24, 2.45) is 5.92 Å². The standard InChI is InChI=1S/C34H39N5O6S2/c1-22-18-39(23(2)21-40)34(42)26-8-6-11-29(37-47(43,44)31-12-7-17-46-31)32(26)45-30(22)20-38(3)19-24-13-15-25(16-14-24)33(41)36-28-10-5-4-9-27(28)35/h4-17,22-23,30,37,40H,18-21,35H2,1-3H3,(H,36,41)/t22-,23-,30+/m1/s1. The molecule has 1 aliphatic heterocycles. The predicted molar refractivity (Wildman–Crippen MR) is 184 cm³/mol. The van der Waals surface area contributed by atoms with Crippen LogP contribution in [0, 0.1) is 5.92 Å². The number of aliphatic hydroxyl groups excluding tert-OH is 1. The highest BCUT2D eigenvalue weighted by atomic mass is 32.2. The normalized spacial score (nSPS) is 17.3. The van der Waals surface area contributed by atoms with Gasteiger partial charge in [-0.2, -0.15) is 0 Å². The third-order valence-electron chi connectivity index (χ3n) is 8.06. The number of fused-ring (bicyclic) bond motifs is 1. The number of sulfonamides is 1. The Kier molecular flexibility index (Phi) is 10.5. The number of nitrogens with two attached hydrogens (primary N) is 1. The summed E-state index contributed by atoms with van der Waals surface area (Å²) in [6.07, 6.45) is -0.450. The third-order valence-corrected chi connectivity index (χ3v) is 10.8. The molecule has 0 aliphatic carbocycles. The monoisotopic (exact) mass is 677 g/mol. The fraction of sp³-hybridized carbons (Fsp3) is 0.294. The molecule has 0 saturated carbocycles. The number of nitrogens with one attached hydrogen (secondary N) is 2. The zero-order chi connectivity index (χ0) is 33.7. The number of benzene rings is 3. The summed E-state index contributed by atoms with van der Waals surface area (Å²) in [4.78, 5) is 30.2. The van der Waals surface area contributed by atoms with E-state index in [0.717, 1.165) is 16.9 Å². The Hall–Kier alpha value is -4.43. The first-order chi connectivity index (χ1) is 22.5. The number of para-hydroxylation sites is 3. The molecular formula is C34H39N5O6S2. The SMILES string of the molecule is C[C@@H]1CN([C@H](C)CO)C(=O)c2cccc(NS(=O)(=O)c3cccs3)c2O[C@H]1CN(C)Cc1ccc(C(=O)Nc2ccccc2N)cc1. The zero-order valence-electron chi connectivity index (χ0n) is 26.4. The van der Waals surface area contributed by atoms with Gasteiger partial charge in [0, 0.05) is 31.1 Å². The molecular weight excluding hydrogens is 639 g/mol. The minimum Gasteiger partial charge on any atom is -0.486 e. The lowest BCUT2D eigenvalue weighted by Gasteiger charge is -2.38. The van der Waals surface area contributed by atoms with Crippen molar-refractivity contribution in [3.05, 3.63) is 101 Å². The molecule has 0 saturated heterocycles. The van der Waals surface area contributed by atoms with E-state index in [1.54, 1.807) is 77.9 Å². The van der Waals surface area contributed by atoms with E-state index in [9.17, 15) is 23.1 Å². The van der Waals surface area contributed by atoms with Gasteiger partial charge in [-0.3, -0.25) is 19.2 Å². The highest BCUT2D eigenvalue weighted by Crippen LogP contribution is 2.36. The second-order valence-electron chi connectivity index (χ2n) is 11.8. The molecule has 0 unspecified atom stereocenters. The van der Waals surface area contributed by atoms with Crippen molar-refractivity contribution in [2.75, 3.05) is 42.5 Å². The van der Waals surface area contributed by atoms with Crippen LogP contribution >= 0.6 is 11.3 Å². The maximum absolute atomic E-state index is 13.8. The number of aliphatic hydroxyl groups is 1. The Morgan fingerprint density at radius 1 is 1.09 bits per heavy atom. The van der Waals surface area contributed by atoms with E-state index in [4.69, 9.17) is 10.5 Å². The summed E-state index contributed by atoms with van der Waals surface area (Å²) in [5, 5.41) is 14.5. The molecule has 5 rings (SSSR count). The first kappa shape index (κ1) is 33.9. The highest BCUT2D eigenvalue weighted by molar-refractivity contribution is 7.94. The van der Waals surface area contributed by atoms with E-state index >= 15 is 0 Å². The van der Waals surface area contributed by atoms with Gasteiger partial charge < -0.3 is 25.8 Å². The van der Waals surface area contributed by atoms with Gasteiger partial charge in [0.15, 0.2) is 5.75 Å². The van der Waals surface area contributed by atoms with Gasteiger partial charge in [-0.1, -0.05) is 43.3 Å². The lowest BCUT2D eigenvalue weighted by Crippen LogP contribution is -2.49. The van der Waals surface area contributed by atoms with Crippen molar-refractivity contribution in [1.82, 2.24) is 9.80 Å². The van der Waals surface area contributed by atoms with E-state index in [0.29, 0.717) is 36.6 Å². The number of anilines is 3. The van der Waals surface area contributed by atoms with Crippen LogP contribution in [0.4, 0.5) is 17.1 Å². The van der Waals surface area contributed by atoms with Gasteiger partial charge in [0.05, 0.1) is 35.3 Å². The first-order valence-electron chi connectivity index (χ1n) is 15.2. The number of likely N-dealkylation sites (N-methyl/N-ethyl adjacent to an activating group) is 1. The minimum absolute atomic E-state index is 0.139. The molecule has 0 radical (unpaired) electrons. The molecule has 1 aromatic heterocycles. The fourth-order valence-corrected chi connectivity index (χ4v) is 7.46. The van der Waals surface area contributed by atoms with Crippen LogP contribution in [0.15, 0.2) is 88.5 Å². The van der Waals surface area contributed by atoms with Crippen LogP contribution in [0.3, 0.4) is 0 Å². The van der Waals surface area contributed by atoms with Crippen molar-refractivity contribution in [1.29, 1.82) is 0 Å². The summed E-state index contributed by atoms with van der Waals surface area (Å²) < 4.78 is 35.7. The molecule has 2 heterocycles. The molecule has 11 nitrogen and oxygen atoms in total.